The minimum absolute atomic E-state index is 0.0777. The van der Waals surface area contributed by atoms with E-state index in [4.69, 9.17) is 0 Å². The molecule has 14 heavy (non-hydrogen) atoms. The normalized spacial score (nSPS) is 21.7. The molecule has 0 spiro atoms. The van der Waals surface area contributed by atoms with Gasteiger partial charge in [0, 0.05) is 0 Å². The number of rotatable bonds is 1. The van der Waals surface area contributed by atoms with Gasteiger partial charge in [-0.05, 0) is 12.1 Å². The topological polar surface area (TPSA) is 40.5 Å². The number of benzene rings is 1. The summed E-state index contributed by atoms with van der Waals surface area (Å²) in [6.45, 7) is 0.180. The van der Waals surface area contributed by atoms with Crippen LogP contribution in [0.5, 0.6) is 0 Å². The van der Waals surface area contributed by atoms with Crippen LogP contribution in [0.2, 0.25) is 0 Å². The predicted molar refractivity (Wildman–Crippen MR) is 49.4 cm³/mol. The van der Waals surface area contributed by atoms with E-state index in [-0.39, 0.29) is 24.6 Å². The Morgan fingerprint density at radius 3 is 2.71 bits per heavy atom. The molecule has 0 radical (unpaired) electrons. The lowest BCUT2D eigenvalue weighted by molar-refractivity contribution is -0.117. The number of nitrogens with zero attached hydrogens (tertiary/aromatic N) is 1. The highest BCUT2D eigenvalue weighted by molar-refractivity contribution is 5.96. The smallest absolute Gasteiger partial charge is 0.229 e. The van der Waals surface area contributed by atoms with Gasteiger partial charge in [-0.25, -0.2) is 4.39 Å². The summed E-state index contributed by atoms with van der Waals surface area (Å²) in [7, 11) is 0. The summed E-state index contributed by atoms with van der Waals surface area (Å²) in [5, 5.41) is 9.24. The van der Waals surface area contributed by atoms with Crippen LogP contribution < -0.4 is 4.90 Å². The monoisotopic (exact) mass is 195 g/mol. The third-order valence-corrected chi connectivity index (χ3v) is 2.25. The van der Waals surface area contributed by atoms with Crippen molar-refractivity contribution in [1.29, 1.82) is 0 Å². The molecule has 1 fully saturated rings. The Morgan fingerprint density at radius 2 is 2.14 bits per heavy atom. The maximum Gasteiger partial charge on any atom is 0.229 e. The highest BCUT2D eigenvalue weighted by Crippen LogP contribution is 2.23. The second kappa shape index (κ2) is 3.38. The molecule has 1 atom stereocenters. The van der Waals surface area contributed by atoms with E-state index in [1.54, 1.807) is 12.1 Å². The number of para-hydroxylation sites is 1. The van der Waals surface area contributed by atoms with Gasteiger partial charge in [-0.3, -0.25) is 4.79 Å². The van der Waals surface area contributed by atoms with Crippen molar-refractivity contribution in [3.8, 4) is 0 Å². The summed E-state index contributed by atoms with van der Waals surface area (Å²) in [5.41, 5.74) is 0.244. The molecular formula is C10H10FNO2. The molecule has 1 aromatic carbocycles. The van der Waals surface area contributed by atoms with E-state index >= 15 is 0 Å². The van der Waals surface area contributed by atoms with Crippen LogP contribution in [0.3, 0.4) is 0 Å². The van der Waals surface area contributed by atoms with E-state index in [2.05, 4.69) is 0 Å². The van der Waals surface area contributed by atoms with Crippen LogP contribution in [0, 0.1) is 5.82 Å². The van der Waals surface area contributed by atoms with Crippen LogP contribution in [0.4, 0.5) is 10.1 Å². The van der Waals surface area contributed by atoms with Crippen molar-refractivity contribution < 1.29 is 14.3 Å². The molecule has 0 bridgehead atoms. The van der Waals surface area contributed by atoms with Gasteiger partial charge in [0.2, 0.25) is 5.91 Å². The quantitative estimate of drug-likeness (QED) is 0.724. The Labute approximate surface area is 80.8 Å². The number of aliphatic hydroxyl groups excluding tert-OH is 1. The third-order valence-electron chi connectivity index (χ3n) is 2.25. The number of hydrogen-bond donors (Lipinski definition) is 1. The first-order valence-corrected chi connectivity index (χ1v) is 4.41. The molecule has 4 heteroatoms. The van der Waals surface area contributed by atoms with Crippen molar-refractivity contribution in [2.45, 2.75) is 12.5 Å². The van der Waals surface area contributed by atoms with Crippen LogP contribution in [0.1, 0.15) is 6.42 Å². The lowest BCUT2D eigenvalue weighted by Gasteiger charge is -2.16. The summed E-state index contributed by atoms with van der Waals surface area (Å²) < 4.78 is 13.3. The first-order valence-electron chi connectivity index (χ1n) is 4.41. The average Bonchev–Trinajstić information content (AvgIpc) is 2.46. The molecule has 0 aliphatic carbocycles. The minimum atomic E-state index is -0.679. The van der Waals surface area contributed by atoms with Crippen molar-refractivity contribution in [3.05, 3.63) is 30.1 Å². The molecule has 0 aromatic heterocycles. The zero-order valence-corrected chi connectivity index (χ0v) is 7.48. The second-order valence-corrected chi connectivity index (χ2v) is 3.31. The van der Waals surface area contributed by atoms with Crippen LogP contribution in [-0.2, 0) is 4.79 Å². The van der Waals surface area contributed by atoms with Crippen LogP contribution in [0.25, 0.3) is 0 Å². The Balaban J connectivity index is 2.32. The zero-order chi connectivity index (χ0) is 10.1. The van der Waals surface area contributed by atoms with E-state index in [0.717, 1.165) is 0 Å². The SMILES string of the molecule is O=C1CC(O)CN1c1ccccc1F. The summed E-state index contributed by atoms with van der Waals surface area (Å²) >= 11 is 0. The number of hydrogen-bond acceptors (Lipinski definition) is 2. The van der Waals surface area contributed by atoms with Crippen molar-refractivity contribution >= 4 is 11.6 Å². The lowest BCUT2D eigenvalue weighted by atomic mass is 10.3. The number of carbonyl (C=O) groups is 1. The standard InChI is InChI=1S/C10H10FNO2/c11-8-3-1-2-4-9(8)12-6-7(13)5-10(12)14/h1-4,7,13H,5-6H2. The van der Waals surface area contributed by atoms with Gasteiger partial charge >= 0.3 is 0 Å². The van der Waals surface area contributed by atoms with E-state index in [9.17, 15) is 14.3 Å². The Kier molecular flexibility index (Phi) is 2.21. The molecule has 0 saturated carbocycles. The van der Waals surface area contributed by atoms with Gasteiger partial charge in [0.15, 0.2) is 0 Å². The van der Waals surface area contributed by atoms with Gasteiger partial charge in [0.25, 0.3) is 0 Å². The summed E-state index contributed by atoms with van der Waals surface area (Å²) in [6.07, 6.45) is -0.601. The van der Waals surface area contributed by atoms with Gasteiger partial charge in [0.1, 0.15) is 5.82 Å². The van der Waals surface area contributed by atoms with Crippen LogP contribution >= 0.6 is 0 Å². The molecule has 2 rings (SSSR count). The van der Waals surface area contributed by atoms with Gasteiger partial charge in [-0.1, -0.05) is 12.1 Å². The summed E-state index contributed by atoms with van der Waals surface area (Å²) in [5.74, 6) is -0.669. The first-order chi connectivity index (χ1) is 6.68. The number of aliphatic hydroxyl groups is 1. The Morgan fingerprint density at radius 1 is 1.43 bits per heavy atom. The zero-order valence-electron chi connectivity index (χ0n) is 7.48. The molecular weight excluding hydrogens is 185 g/mol. The summed E-state index contributed by atoms with van der Waals surface area (Å²) in [4.78, 5) is 12.6. The number of carbonyl (C=O) groups excluding carboxylic acids is 1. The van der Waals surface area contributed by atoms with Gasteiger partial charge in [-0.15, -0.1) is 0 Å². The summed E-state index contributed by atoms with van der Waals surface area (Å²) in [6, 6.07) is 6.06. The highest BCUT2D eigenvalue weighted by Gasteiger charge is 2.30. The maximum absolute atomic E-state index is 13.3. The molecule has 1 unspecified atom stereocenters. The predicted octanol–water partition coefficient (Wildman–Crippen LogP) is 0.923. The second-order valence-electron chi connectivity index (χ2n) is 3.31. The first kappa shape index (κ1) is 9.15. The van der Waals surface area contributed by atoms with E-state index in [1.807, 2.05) is 0 Å². The molecule has 74 valence electrons. The van der Waals surface area contributed by atoms with Gasteiger partial charge in [-0.2, -0.15) is 0 Å². The van der Waals surface area contributed by atoms with Crippen LogP contribution in [0.15, 0.2) is 24.3 Å². The van der Waals surface area contributed by atoms with Crippen LogP contribution in [-0.4, -0.2) is 23.7 Å². The molecule has 1 N–H and O–H groups in total. The number of anilines is 1. The average molecular weight is 195 g/mol. The molecule has 3 nitrogen and oxygen atoms in total. The van der Waals surface area contributed by atoms with Crippen molar-refractivity contribution in [2.75, 3.05) is 11.4 Å². The third kappa shape index (κ3) is 1.48. The molecule has 1 aliphatic rings. The molecule has 1 heterocycles. The maximum atomic E-state index is 13.3. The molecule has 1 amide bonds. The highest BCUT2D eigenvalue weighted by atomic mass is 19.1. The largest absolute Gasteiger partial charge is 0.391 e. The minimum Gasteiger partial charge on any atom is -0.391 e. The number of amides is 1. The van der Waals surface area contributed by atoms with Gasteiger partial charge in [0.05, 0.1) is 24.8 Å². The fraction of sp³-hybridized carbons (Fsp3) is 0.300. The number of halogens is 1. The molecule has 1 saturated heterocycles. The Bertz CT molecular complexity index is 367. The van der Waals surface area contributed by atoms with Crippen molar-refractivity contribution in [3.63, 3.8) is 0 Å². The van der Waals surface area contributed by atoms with Crippen molar-refractivity contribution in [1.82, 2.24) is 0 Å². The van der Waals surface area contributed by atoms with E-state index in [1.165, 1.54) is 17.0 Å². The fourth-order valence-corrected chi connectivity index (χ4v) is 1.59. The van der Waals surface area contributed by atoms with Crippen molar-refractivity contribution in [2.24, 2.45) is 0 Å². The lowest BCUT2D eigenvalue weighted by Crippen LogP contribution is -2.26. The number of β-amino-alcohol motifs (C(OH)–C–C–N with tert-alkyl or cyclic N) is 1. The Hall–Kier alpha value is -1.42. The molecule has 1 aliphatic heterocycles. The van der Waals surface area contributed by atoms with E-state index in [0.29, 0.717) is 0 Å². The fourth-order valence-electron chi connectivity index (χ4n) is 1.59. The van der Waals surface area contributed by atoms with E-state index < -0.39 is 11.9 Å². The van der Waals surface area contributed by atoms with Gasteiger partial charge < -0.3 is 10.0 Å². The molecule has 1 aromatic rings.